The minimum Gasteiger partial charge on any atom is -0.488 e. The van der Waals surface area contributed by atoms with Crippen molar-refractivity contribution < 1.29 is 4.74 Å². The fraction of sp³-hybridized carbons (Fsp3) is 0.312. The molecule has 114 valence electrons. The lowest BCUT2D eigenvalue weighted by atomic mass is 10.1. The van der Waals surface area contributed by atoms with Crippen LogP contribution in [0.3, 0.4) is 0 Å². The van der Waals surface area contributed by atoms with Crippen molar-refractivity contribution >= 4 is 11.8 Å². The Kier molecular flexibility index (Phi) is 4.57. The van der Waals surface area contributed by atoms with Gasteiger partial charge in [0.25, 0.3) is 5.56 Å². The standard InChI is InChI=1S/C16H17N3O2S/c1-16(2,3)21-11-7-5-10(6-8-11)13-12(9-17)14(20)19-15(18-13)22-4/h5-8H,1-4H3,(H,18,19,20). The maximum absolute atomic E-state index is 11.9. The van der Waals surface area contributed by atoms with Gasteiger partial charge in [-0.05, 0) is 51.3 Å². The van der Waals surface area contributed by atoms with Crippen molar-refractivity contribution in [2.45, 2.75) is 31.5 Å². The number of hydrogen-bond acceptors (Lipinski definition) is 5. The van der Waals surface area contributed by atoms with Gasteiger partial charge in [-0.3, -0.25) is 4.79 Å². The number of hydrogen-bond donors (Lipinski definition) is 1. The van der Waals surface area contributed by atoms with Crippen molar-refractivity contribution in [1.29, 1.82) is 5.26 Å². The van der Waals surface area contributed by atoms with Crippen molar-refractivity contribution in [2.75, 3.05) is 6.26 Å². The van der Waals surface area contributed by atoms with E-state index in [1.165, 1.54) is 11.8 Å². The maximum Gasteiger partial charge on any atom is 0.270 e. The first-order chi connectivity index (χ1) is 10.3. The largest absolute Gasteiger partial charge is 0.488 e. The van der Waals surface area contributed by atoms with Gasteiger partial charge >= 0.3 is 0 Å². The zero-order valence-electron chi connectivity index (χ0n) is 12.9. The number of nitrogens with one attached hydrogen (secondary N) is 1. The van der Waals surface area contributed by atoms with Crippen LogP contribution in [0.1, 0.15) is 26.3 Å². The molecule has 0 amide bonds. The van der Waals surface area contributed by atoms with Crippen LogP contribution in [0.25, 0.3) is 11.3 Å². The second-order valence-corrected chi connectivity index (χ2v) is 6.44. The number of aromatic nitrogens is 2. The van der Waals surface area contributed by atoms with E-state index in [2.05, 4.69) is 9.97 Å². The van der Waals surface area contributed by atoms with E-state index < -0.39 is 5.56 Å². The summed E-state index contributed by atoms with van der Waals surface area (Å²) >= 11 is 1.32. The SMILES string of the molecule is CSc1nc(-c2ccc(OC(C)(C)C)cc2)c(C#N)c(=O)[nH]1. The van der Waals surface area contributed by atoms with E-state index in [0.29, 0.717) is 16.4 Å². The van der Waals surface area contributed by atoms with Crippen molar-refractivity contribution in [1.82, 2.24) is 9.97 Å². The molecular formula is C16H17N3O2S. The van der Waals surface area contributed by atoms with Crippen LogP contribution < -0.4 is 10.3 Å². The number of benzene rings is 1. The minimum atomic E-state index is -0.424. The Morgan fingerprint density at radius 3 is 2.41 bits per heavy atom. The molecule has 1 aromatic carbocycles. The van der Waals surface area contributed by atoms with Crippen LogP contribution >= 0.6 is 11.8 Å². The second kappa shape index (κ2) is 6.24. The summed E-state index contributed by atoms with van der Waals surface area (Å²) in [6.07, 6.45) is 1.81. The van der Waals surface area contributed by atoms with E-state index in [0.717, 1.165) is 5.75 Å². The Bertz CT molecular complexity index is 768. The molecule has 0 fully saturated rings. The molecule has 22 heavy (non-hydrogen) atoms. The zero-order chi connectivity index (χ0) is 16.3. The van der Waals surface area contributed by atoms with Crippen LogP contribution in [0.4, 0.5) is 0 Å². The van der Waals surface area contributed by atoms with Crippen molar-refractivity contribution in [3.8, 4) is 23.1 Å². The van der Waals surface area contributed by atoms with Gasteiger partial charge in [0.15, 0.2) is 5.16 Å². The zero-order valence-corrected chi connectivity index (χ0v) is 13.7. The van der Waals surface area contributed by atoms with E-state index >= 15 is 0 Å². The van der Waals surface area contributed by atoms with Crippen LogP contribution in [-0.4, -0.2) is 21.8 Å². The topological polar surface area (TPSA) is 78.8 Å². The summed E-state index contributed by atoms with van der Waals surface area (Å²) in [5.41, 5.74) is 0.402. The molecule has 2 aromatic rings. The molecule has 0 unspecified atom stereocenters. The Hall–Kier alpha value is -2.26. The summed E-state index contributed by atoms with van der Waals surface area (Å²) in [5.74, 6) is 0.727. The van der Waals surface area contributed by atoms with Gasteiger partial charge in [-0.15, -0.1) is 0 Å². The molecule has 0 aliphatic rings. The lowest BCUT2D eigenvalue weighted by Gasteiger charge is -2.21. The normalized spacial score (nSPS) is 11.0. The lowest BCUT2D eigenvalue weighted by Crippen LogP contribution is -2.22. The average molecular weight is 315 g/mol. The molecule has 0 bridgehead atoms. The Balaban J connectivity index is 2.46. The molecule has 0 radical (unpaired) electrons. The van der Waals surface area contributed by atoms with Gasteiger partial charge in [0.2, 0.25) is 0 Å². The quantitative estimate of drug-likeness (QED) is 0.695. The molecule has 6 heteroatoms. The first-order valence-electron chi connectivity index (χ1n) is 6.72. The minimum absolute atomic E-state index is 0.0160. The van der Waals surface area contributed by atoms with Gasteiger partial charge in [0.1, 0.15) is 23.0 Å². The van der Waals surface area contributed by atoms with E-state index in [4.69, 9.17) is 4.74 Å². The first kappa shape index (κ1) is 16.1. The second-order valence-electron chi connectivity index (χ2n) is 5.65. The Morgan fingerprint density at radius 1 is 1.27 bits per heavy atom. The fourth-order valence-corrected chi connectivity index (χ4v) is 2.27. The third-order valence-electron chi connectivity index (χ3n) is 2.75. The summed E-state index contributed by atoms with van der Waals surface area (Å²) < 4.78 is 5.76. The predicted molar refractivity (Wildman–Crippen MR) is 87.2 cm³/mol. The summed E-state index contributed by atoms with van der Waals surface area (Å²) in [6, 6.07) is 9.14. The molecule has 1 N–H and O–H groups in total. The maximum atomic E-state index is 11.9. The molecular weight excluding hydrogens is 298 g/mol. The molecule has 5 nitrogen and oxygen atoms in total. The van der Waals surface area contributed by atoms with Gasteiger partial charge in [-0.1, -0.05) is 11.8 Å². The van der Waals surface area contributed by atoms with Crippen molar-refractivity contribution in [3.05, 3.63) is 40.2 Å². The summed E-state index contributed by atoms with van der Waals surface area (Å²) in [5, 5.41) is 9.67. The summed E-state index contributed by atoms with van der Waals surface area (Å²) in [4.78, 5) is 18.8. The number of H-pyrrole nitrogens is 1. The van der Waals surface area contributed by atoms with E-state index in [-0.39, 0.29) is 11.2 Å². The van der Waals surface area contributed by atoms with Crippen molar-refractivity contribution in [3.63, 3.8) is 0 Å². The molecule has 0 aliphatic heterocycles. The highest BCUT2D eigenvalue weighted by Crippen LogP contribution is 2.25. The average Bonchev–Trinajstić information content (AvgIpc) is 2.45. The third-order valence-corrected chi connectivity index (χ3v) is 3.33. The van der Waals surface area contributed by atoms with Crippen molar-refractivity contribution in [2.24, 2.45) is 0 Å². The molecule has 0 spiro atoms. The number of nitrogens with zero attached hydrogens (tertiary/aromatic N) is 2. The molecule has 0 aliphatic carbocycles. The predicted octanol–water partition coefficient (Wildman–Crippen LogP) is 3.21. The van der Waals surface area contributed by atoms with E-state index in [1.54, 1.807) is 12.1 Å². The van der Waals surface area contributed by atoms with Crippen LogP contribution in [0.2, 0.25) is 0 Å². The molecule has 0 saturated carbocycles. The number of thioether (sulfide) groups is 1. The van der Waals surface area contributed by atoms with Gasteiger partial charge in [-0.25, -0.2) is 4.98 Å². The fourth-order valence-electron chi connectivity index (χ4n) is 1.90. The first-order valence-corrected chi connectivity index (χ1v) is 7.94. The molecule has 1 aromatic heterocycles. The number of rotatable bonds is 3. The van der Waals surface area contributed by atoms with Crippen LogP contribution in [0.5, 0.6) is 5.75 Å². The van der Waals surface area contributed by atoms with Crippen LogP contribution in [0, 0.1) is 11.3 Å². The van der Waals surface area contributed by atoms with Gasteiger partial charge in [0.05, 0.1) is 5.69 Å². The molecule has 0 atom stereocenters. The van der Waals surface area contributed by atoms with Crippen LogP contribution in [-0.2, 0) is 0 Å². The smallest absolute Gasteiger partial charge is 0.270 e. The van der Waals surface area contributed by atoms with Gasteiger partial charge in [0, 0.05) is 5.56 Å². The Morgan fingerprint density at radius 2 is 1.91 bits per heavy atom. The van der Waals surface area contributed by atoms with Crippen LogP contribution in [0.15, 0.2) is 34.2 Å². The molecule has 0 saturated heterocycles. The summed E-state index contributed by atoms with van der Waals surface area (Å²) in [7, 11) is 0. The van der Waals surface area contributed by atoms with Gasteiger partial charge < -0.3 is 9.72 Å². The Labute approximate surface area is 133 Å². The van der Waals surface area contributed by atoms with Gasteiger partial charge in [-0.2, -0.15) is 5.26 Å². The molecule has 1 heterocycles. The monoisotopic (exact) mass is 315 g/mol. The highest BCUT2D eigenvalue weighted by atomic mass is 32.2. The lowest BCUT2D eigenvalue weighted by molar-refractivity contribution is 0.131. The number of nitriles is 1. The highest BCUT2D eigenvalue weighted by Gasteiger charge is 2.15. The highest BCUT2D eigenvalue weighted by molar-refractivity contribution is 7.98. The summed E-state index contributed by atoms with van der Waals surface area (Å²) in [6.45, 7) is 5.91. The third kappa shape index (κ3) is 3.68. The number of ether oxygens (including phenoxy) is 1. The van der Waals surface area contributed by atoms with E-state index in [1.807, 2.05) is 45.2 Å². The number of aromatic amines is 1. The molecule has 2 rings (SSSR count). The van der Waals surface area contributed by atoms with E-state index in [9.17, 15) is 10.1 Å².